The number of rotatable bonds is 8. The van der Waals surface area contributed by atoms with Crippen molar-refractivity contribution in [3.63, 3.8) is 0 Å². The highest BCUT2D eigenvalue weighted by atomic mass is 35.5. The molecule has 1 aromatic carbocycles. The fraction of sp³-hybridized carbons (Fsp3) is 0.562. The minimum Gasteiger partial charge on any atom is -0.399 e. The average Bonchev–Trinajstić information content (AvgIpc) is 2.44. The zero-order chi connectivity index (χ0) is 15.8. The molecular weight excluding hydrogens is 337 g/mol. The van der Waals surface area contributed by atoms with E-state index >= 15 is 0 Å². The maximum atomic E-state index is 12.2. The molecule has 0 heterocycles. The van der Waals surface area contributed by atoms with Gasteiger partial charge in [-0.3, -0.25) is 4.79 Å². The molecule has 134 valence electrons. The Kier molecular flexibility index (Phi) is 13.1. The zero-order valence-corrected chi connectivity index (χ0v) is 15.9. The molecule has 5 nitrogen and oxygen atoms in total. The molecule has 0 spiro atoms. The van der Waals surface area contributed by atoms with Crippen LogP contribution in [0.4, 0.5) is 5.69 Å². The maximum absolute atomic E-state index is 12.2. The largest absolute Gasteiger partial charge is 0.399 e. The van der Waals surface area contributed by atoms with Crippen molar-refractivity contribution in [2.75, 3.05) is 39.5 Å². The lowest BCUT2D eigenvalue weighted by molar-refractivity contribution is 0.0496. The number of hydrogen-bond acceptors (Lipinski definition) is 4. The highest BCUT2D eigenvalue weighted by Crippen LogP contribution is 2.12. The molecule has 1 amide bonds. The van der Waals surface area contributed by atoms with Crippen molar-refractivity contribution in [3.8, 4) is 0 Å². The van der Waals surface area contributed by atoms with Crippen molar-refractivity contribution in [2.45, 2.75) is 26.4 Å². The van der Waals surface area contributed by atoms with Crippen molar-refractivity contribution in [3.05, 3.63) is 29.3 Å². The predicted molar refractivity (Wildman–Crippen MR) is 101 cm³/mol. The third-order valence-electron chi connectivity index (χ3n) is 3.30. The van der Waals surface area contributed by atoms with Gasteiger partial charge in [-0.15, -0.1) is 24.8 Å². The third kappa shape index (κ3) is 9.01. The van der Waals surface area contributed by atoms with Crippen molar-refractivity contribution in [1.29, 1.82) is 0 Å². The average molecular weight is 366 g/mol. The lowest BCUT2D eigenvalue weighted by Crippen LogP contribution is -2.35. The Bertz CT molecular complexity index is 471. The molecular formula is C16H29Cl2N3O2. The number of nitrogens with zero attached hydrogens (tertiary/aromatic N) is 1. The molecule has 0 aliphatic carbocycles. The van der Waals surface area contributed by atoms with E-state index in [-0.39, 0.29) is 36.8 Å². The Morgan fingerprint density at radius 2 is 2.00 bits per heavy atom. The molecule has 3 N–H and O–H groups in total. The van der Waals surface area contributed by atoms with Gasteiger partial charge >= 0.3 is 0 Å². The van der Waals surface area contributed by atoms with E-state index in [0.717, 1.165) is 18.5 Å². The lowest BCUT2D eigenvalue weighted by Gasteiger charge is -2.20. The second-order valence-corrected chi connectivity index (χ2v) is 5.45. The Labute approximate surface area is 151 Å². The number of ether oxygens (including phenoxy) is 1. The van der Waals surface area contributed by atoms with Gasteiger partial charge in [0, 0.05) is 30.9 Å². The molecule has 1 aromatic rings. The summed E-state index contributed by atoms with van der Waals surface area (Å²) in [6.45, 7) is 5.95. The molecule has 0 radical (unpaired) electrons. The van der Waals surface area contributed by atoms with Crippen molar-refractivity contribution in [2.24, 2.45) is 0 Å². The van der Waals surface area contributed by atoms with Gasteiger partial charge in [-0.25, -0.2) is 0 Å². The van der Waals surface area contributed by atoms with Gasteiger partial charge in [0.25, 0.3) is 5.91 Å². The molecule has 0 bridgehead atoms. The predicted octanol–water partition coefficient (Wildman–Crippen LogP) is 2.51. The minimum atomic E-state index is -0.102. The topological polar surface area (TPSA) is 67.6 Å². The van der Waals surface area contributed by atoms with Crippen LogP contribution < -0.4 is 11.1 Å². The van der Waals surface area contributed by atoms with E-state index in [1.54, 1.807) is 12.1 Å². The maximum Gasteiger partial charge on any atom is 0.251 e. The van der Waals surface area contributed by atoms with E-state index < -0.39 is 0 Å². The summed E-state index contributed by atoms with van der Waals surface area (Å²) in [5.74, 6) is -0.102. The summed E-state index contributed by atoms with van der Waals surface area (Å²) in [5.41, 5.74) is 7.88. The minimum absolute atomic E-state index is 0. The van der Waals surface area contributed by atoms with Crippen LogP contribution in [0.2, 0.25) is 0 Å². The second kappa shape index (κ2) is 12.4. The van der Waals surface area contributed by atoms with E-state index in [1.807, 2.05) is 34.0 Å². The van der Waals surface area contributed by atoms with Gasteiger partial charge in [-0.1, -0.05) is 6.07 Å². The number of carbonyl (C=O) groups is 1. The summed E-state index contributed by atoms with van der Waals surface area (Å²) in [5, 5.41) is 2.94. The number of aryl methyl sites for hydroxylation is 1. The summed E-state index contributed by atoms with van der Waals surface area (Å²) < 4.78 is 5.67. The smallest absolute Gasteiger partial charge is 0.251 e. The van der Waals surface area contributed by atoms with Crippen molar-refractivity contribution >= 4 is 36.4 Å². The van der Waals surface area contributed by atoms with Gasteiger partial charge in [-0.05, 0) is 52.1 Å². The first kappa shape index (κ1) is 24.2. The summed E-state index contributed by atoms with van der Waals surface area (Å²) in [6, 6.07) is 5.36. The quantitative estimate of drug-likeness (QED) is 0.694. The van der Waals surface area contributed by atoms with Crippen LogP contribution in [0.5, 0.6) is 0 Å². The molecule has 23 heavy (non-hydrogen) atoms. The molecule has 0 aliphatic rings. The lowest BCUT2D eigenvalue weighted by atomic mass is 10.1. The molecule has 1 atom stereocenters. The van der Waals surface area contributed by atoms with Gasteiger partial charge in [0.2, 0.25) is 0 Å². The summed E-state index contributed by atoms with van der Waals surface area (Å²) in [6.07, 6.45) is 0.916. The Balaban J connectivity index is 0. The molecule has 0 saturated heterocycles. The number of amides is 1. The SMILES string of the molecule is CCOC(CCN(C)C)CNC(=O)c1cc(N)ccc1C.Cl.Cl. The van der Waals surface area contributed by atoms with Crippen LogP contribution in [0.3, 0.4) is 0 Å². The molecule has 0 aliphatic heterocycles. The Morgan fingerprint density at radius 3 is 2.57 bits per heavy atom. The van der Waals surface area contributed by atoms with E-state index in [9.17, 15) is 4.79 Å². The fourth-order valence-corrected chi connectivity index (χ4v) is 2.07. The Morgan fingerprint density at radius 1 is 1.35 bits per heavy atom. The molecule has 1 rings (SSSR count). The fourth-order valence-electron chi connectivity index (χ4n) is 2.07. The van der Waals surface area contributed by atoms with Crippen LogP contribution in [-0.4, -0.2) is 50.7 Å². The Hall–Kier alpha value is -1.01. The van der Waals surface area contributed by atoms with E-state index in [2.05, 4.69) is 10.2 Å². The van der Waals surface area contributed by atoms with Crippen molar-refractivity contribution < 1.29 is 9.53 Å². The molecule has 0 aromatic heterocycles. The van der Waals surface area contributed by atoms with Gasteiger partial charge in [0.05, 0.1) is 6.10 Å². The standard InChI is InChI=1S/C16H27N3O2.2ClH/c1-5-21-14(8-9-19(3)4)11-18-16(20)15-10-13(17)7-6-12(15)2;;/h6-7,10,14H,5,8-9,11,17H2,1-4H3,(H,18,20);2*1H. The first-order valence-corrected chi connectivity index (χ1v) is 7.34. The molecule has 7 heteroatoms. The first-order chi connectivity index (χ1) is 9.93. The monoisotopic (exact) mass is 365 g/mol. The number of nitrogens with one attached hydrogen (secondary N) is 1. The van der Waals surface area contributed by atoms with Crippen molar-refractivity contribution in [1.82, 2.24) is 10.2 Å². The van der Waals surface area contributed by atoms with Gasteiger partial charge in [0.1, 0.15) is 0 Å². The number of benzene rings is 1. The third-order valence-corrected chi connectivity index (χ3v) is 3.30. The van der Waals surface area contributed by atoms with Crippen LogP contribution >= 0.6 is 24.8 Å². The van der Waals surface area contributed by atoms with Gasteiger partial charge in [0.15, 0.2) is 0 Å². The van der Waals surface area contributed by atoms with Crippen LogP contribution in [-0.2, 0) is 4.74 Å². The normalized spacial score (nSPS) is 11.3. The van der Waals surface area contributed by atoms with Crippen LogP contribution in [0, 0.1) is 6.92 Å². The molecule has 0 saturated carbocycles. The summed E-state index contributed by atoms with van der Waals surface area (Å²) >= 11 is 0. The molecule has 0 fully saturated rings. The highest BCUT2D eigenvalue weighted by Gasteiger charge is 2.13. The number of carbonyl (C=O) groups excluding carboxylic acids is 1. The number of nitrogen functional groups attached to an aromatic ring is 1. The molecule has 1 unspecified atom stereocenters. The summed E-state index contributed by atoms with van der Waals surface area (Å²) in [4.78, 5) is 14.3. The number of nitrogens with two attached hydrogens (primary N) is 1. The van der Waals surface area contributed by atoms with E-state index in [1.165, 1.54) is 0 Å². The number of anilines is 1. The summed E-state index contributed by atoms with van der Waals surface area (Å²) in [7, 11) is 4.05. The van der Waals surface area contributed by atoms with Crippen LogP contribution in [0.25, 0.3) is 0 Å². The highest BCUT2D eigenvalue weighted by molar-refractivity contribution is 5.96. The van der Waals surface area contributed by atoms with E-state index in [4.69, 9.17) is 10.5 Å². The second-order valence-electron chi connectivity index (χ2n) is 5.45. The zero-order valence-electron chi connectivity index (χ0n) is 14.3. The van der Waals surface area contributed by atoms with E-state index in [0.29, 0.717) is 24.4 Å². The number of halogens is 2. The first-order valence-electron chi connectivity index (χ1n) is 7.34. The van der Waals surface area contributed by atoms with Gasteiger partial charge < -0.3 is 20.7 Å². The van der Waals surface area contributed by atoms with Gasteiger partial charge in [-0.2, -0.15) is 0 Å². The van der Waals surface area contributed by atoms with Crippen LogP contribution in [0.15, 0.2) is 18.2 Å². The number of hydrogen-bond donors (Lipinski definition) is 2. The van der Waals surface area contributed by atoms with Crippen LogP contribution in [0.1, 0.15) is 29.3 Å².